The summed E-state index contributed by atoms with van der Waals surface area (Å²) in [5, 5.41) is 7.56. The molecule has 0 bridgehead atoms. The molecule has 0 aliphatic carbocycles. The zero-order valence-corrected chi connectivity index (χ0v) is 25.4. The van der Waals surface area contributed by atoms with E-state index in [9.17, 15) is 4.79 Å². The number of nitrogens with zero attached hydrogens (tertiary/aromatic N) is 5. The Morgan fingerprint density at radius 2 is 1.78 bits per heavy atom. The van der Waals surface area contributed by atoms with Crippen molar-refractivity contribution in [3.05, 3.63) is 125 Å². The fourth-order valence-electron chi connectivity index (χ4n) is 5.93. The molecule has 5 heterocycles. The highest BCUT2D eigenvalue weighted by atomic mass is 32.1. The molecule has 45 heavy (non-hydrogen) atoms. The van der Waals surface area contributed by atoms with E-state index in [0.29, 0.717) is 16.5 Å². The van der Waals surface area contributed by atoms with Crippen LogP contribution in [0.2, 0.25) is 0 Å². The highest BCUT2D eigenvalue weighted by molar-refractivity contribution is 7.20. The van der Waals surface area contributed by atoms with Crippen molar-refractivity contribution in [3.8, 4) is 22.6 Å². The van der Waals surface area contributed by atoms with Gasteiger partial charge in [0, 0.05) is 47.1 Å². The molecule has 0 saturated carbocycles. The summed E-state index contributed by atoms with van der Waals surface area (Å²) in [5.41, 5.74) is 8.39. The van der Waals surface area contributed by atoms with E-state index >= 15 is 0 Å². The number of aromatic nitrogens is 4. The van der Waals surface area contributed by atoms with Gasteiger partial charge in [0.05, 0.1) is 22.0 Å². The quantitative estimate of drug-likeness (QED) is 0.202. The molecule has 220 valence electrons. The number of anilines is 3. The van der Waals surface area contributed by atoms with E-state index in [1.54, 1.807) is 6.20 Å². The van der Waals surface area contributed by atoms with Gasteiger partial charge in [0.25, 0.3) is 5.91 Å². The largest absolute Gasteiger partial charge is 0.324 e. The molecule has 8 rings (SSSR count). The smallest absolute Gasteiger partial charge is 0.265 e. The minimum atomic E-state index is -0.135. The summed E-state index contributed by atoms with van der Waals surface area (Å²) in [6.07, 6.45) is 4.82. The average Bonchev–Trinajstić information content (AvgIpc) is 3.67. The van der Waals surface area contributed by atoms with Gasteiger partial charge in [-0.05, 0) is 84.6 Å². The second kappa shape index (κ2) is 11.3. The molecule has 0 atom stereocenters. The van der Waals surface area contributed by atoms with Crippen molar-refractivity contribution < 1.29 is 4.79 Å². The zero-order chi connectivity index (χ0) is 30.3. The second-order valence-corrected chi connectivity index (χ2v) is 12.4. The summed E-state index contributed by atoms with van der Waals surface area (Å²) in [6, 6.07) is 32.1. The van der Waals surface area contributed by atoms with Gasteiger partial charge in [-0.2, -0.15) is 0 Å². The molecule has 3 aromatic carbocycles. The summed E-state index contributed by atoms with van der Waals surface area (Å²) in [5.74, 6) is 0.377. The van der Waals surface area contributed by atoms with Crippen molar-refractivity contribution in [2.75, 3.05) is 24.2 Å². The van der Waals surface area contributed by atoms with Crippen molar-refractivity contribution in [2.24, 2.45) is 0 Å². The SMILES string of the molecule is CN1CCc2ccc(Nc3nccc(-c4c(-c5cccc(NC(=O)c6cc7ccccc7s6)c5)nc5ccccn45)n3)cc2C1. The third-order valence-corrected chi connectivity index (χ3v) is 9.25. The van der Waals surface area contributed by atoms with Gasteiger partial charge in [0.15, 0.2) is 0 Å². The van der Waals surface area contributed by atoms with Crippen molar-refractivity contribution in [1.29, 1.82) is 0 Å². The van der Waals surface area contributed by atoms with Crippen LogP contribution in [0.25, 0.3) is 38.4 Å². The Kier molecular flexibility index (Phi) is 6.81. The van der Waals surface area contributed by atoms with E-state index in [1.807, 2.05) is 89.5 Å². The molecule has 2 N–H and O–H groups in total. The summed E-state index contributed by atoms with van der Waals surface area (Å²) in [7, 11) is 2.15. The highest BCUT2D eigenvalue weighted by Gasteiger charge is 2.19. The van der Waals surface area contributed by atoms with Gasteiger partial charge in [-0.15, -0.1) is 11.3 Å². The van der Waals surface area contributed by atoms with E-state index in [0.717, 1.165) is 63.6 Å². The second-order valence-electron chi connectivity index (χ2n) is 11.3. The third-order valence-electron chi connectivity index (χ3n) is 8.14. The van der Waals surface area contributed by atoms with Crippen molar-refractivity contribution in [1.82, 2.24) is 24.3 Å². The number of hydrogen-bond donors (Lipinski definition) is 2. The van der Waals surface area contributed by atoms with Crippen LogP contribution in [0.1, 0.15) is 20.8 Å². The van der Waals surface area contributed by atoms with Crippen LogP contribution in [0.3, 0.4) is 0 Å². The Morgan fingerprint density at radius 3 is 2.71 bits per heavy atom. The van der Waals surface area contributed by atoms with Gasteiger partial charge in [-0.3, -0.25) is 9.20 Å². The van der Waals surface area contributed by atoms with Crippen molar-refractivity contribution in [2.45, 2.75) is 13.0 Å². The first-order valence-electron chi connectivity index (χ1n) is 14.9. The molecular formula is C36H29N7OS. The third kappa shape index (κ3) is 5.32. The Labute approximate surface area is 264 Å². The Morgan fingerprint density at radius 1 is 0.867 bits per heavy atom. The number of rotatable bonds is 6. The van der Waals surface area contributed by atoms with E-state index in [-0.39, 0.29) is 5.91 Å². The van der Waals surface area contributed by atoms with Crippen LogP contribution < -0.4 is 10.6 Å². The maximum absolute atomic E-state index is 13.2. The van der Waals surface area contributed by atoms with E-state index in [4.69, 9.17) is 9.97 Å². The lowest BCUT2D eigenvalue weighted by molar-refractivity contribution is 0.103. The van der Waals surface area contributed by atoms with Crippen LogP contribution >= 0.6 is 11.3 Å². The molecule has 0 spiro atoms. The number of benzene rings is 3. The molecule has 0 radical (unpaired) electrons. The fourth-order valence-corrected chi connectivity index (χ4v) is 6.89. The van der Waals surface area contributed by atoms with Gasteiger partial charge in [-0.25, -0.2) is 15.0 Å². The maximum atomic E-state index is 13.2. The molecule has 1 amide bonds. The van der Waals surface area contributed by atoms with Gasteiger partial charge in [0.2, 0.25) is 5.95 Å². The summed E-state index contributed by atoms with van der Waals surface area (Å²) in [6.45, 7) is 2.01. The van der Waals surface area contributed by atoms with Gasteiger partial charge in [-0.1, -0.05) is 42.5 Å². The van der Waals surface area contributed by atoms with Crippen LogP contribution in [0.15, 0.2) is 109 Å². The molecule has 0 fully saturated rings. The first-order valence-corrected chi connectivity index (χ1v) is 15.7. The number of imidazole rings is 1. The molecule has 7 aromatic rings. The molecule has 4 aromatic heterocycles. The monoisotopic (exact) mass is 607 g/mol. The molecule has 1 aliphatic heterocycles. The molecule has 0 unspecified atom stereocenters. The predicted octanol–water partition coefficient (Wildman–Crippen LogP) is 7.66. The lowest BCUT2D eigenvalue weighted by atomic mass is 9.99. The highest BCUT2D eigenvalue weighted by Crippen LogP contribution is 2.34. The van der Waals surface area contributed by atoms with Crippen LogP contribution in [-0.2, 0) is 13.0 Å². The van der Waals surface area contributed by atoms with Crippen LogP contribution in [0, 0.1) is 0 Å². The van der Waals surface area contributed by atoms with Crippen molar-refractivity contribution >= 4 is 50.3 Å². The summed E-state index contributed by atoms with van der Waals surface area (Å²) >= 11 is 1.49. The molecule has 8 nitrogen and oxygen atoms in total. The first-order chi connectivity index (χ1) is 22.1. The Hall–Kier alpha value is -5.38. The first kappa shape index (κ1) is 27.2. The number of carbonyl (C=O) groups is 1. The number of thiophene rings is 1. The van der Waals surface area contributed by atoms with Crippen LogP contribution in [-0.4, -0.2) is 43.8 Å². The van der Waals surface area contributed by atoms with E-state index in [1.165, 1.54) is 22.5 Å². The van der Waals surface area contributed by atoms with Gasteiger partial charge in [0.1, 0.15) is 5.65 Å². The topological polar surface area (TPSA) is 87.5 Å². The molecule has 0 saturated heterocycles. The Balaban J connectivity index is 1.13. The van der Waals surface area contributed by atoms with Crippen LogP contribution in [0.5, 0.6) is 0 Å². The normalized spacial score (nSPS) is 13.2. The number of nitrogens with one attached hydrogen (secondary N) is 2. The molecule has 9 heteroatoms. The summed E-state index contributed by atoms with van der Waals surface area (Å²) in [4.78, 5) is 30.7. The number of carbonyl (C=O) groups excluding carboxylic acids is 1. The number of likely N-dealkylation sites (N-methyl/N-ethyl adjacent to an activating group) is 1. The minimum Gasteiger partial charge on any atom is -0.324 e. The van der Waals surface area contributed by atoms with Gasteiger partial charge >= 0.3 is 0 Å². The lowest BCUT2D eigenvalue weighted by Crippen LogP contribution is -2.26. The lowest BCUT2D eigenvalue weighted by Gasteiger charge is -2.25. The predicted molar refractivity (Wildman–Crippen MR) is 181 cm³/mol. The number of hydrogen-bond acceptors (Lipinski definition) is 7. The van der Waals surface area contributed by atoms with E-state index < -0.39 is 0 Å². The molecular weight excluding hydrogens is 579 g/mol. The van der Waals surface area contributed by atoms with Crippen molar-refractivity contribution in [3.63, 3.8) is 0 Å². The van der Waals surface area contributed by atoms with E-state index in [2.05, 4.69) is 45.8 Å². The van der Waals surface area contributed by atoms with Crippen LogP contribution in [0.4, 0.5) is 17.3 Å². The maximum Gasteiger partial charge on any atom is 0.265 e. The van der Waals surface area contributed by atoms with Gasteiger partial charge < -0.3 is 15.5 Å². The summed E-state index contributed by atoms with van der Waals surface area (Å²) < 4.78 is 3.13. The number of amides is 1. The zero-order valence-electron chi connectivity index (χ0n) is 24.6. The average molecular weight is 608 g/mol. The fraction of sp³-hybridized carbons (Fsp3) is 0.111. The standard InChI is InChI=1S/C36H29N7OS/c1-42-18-15-23-12-13-28(20-26(23)22-42)39-36-37-16-14-29(40-36)34-33(41-32-11-4-5-17-43(32)34)25-8-6-9-27(19-25)38-35(44)31-21-24-7-2-3-10-30(24)45-31/h2-14,16-17,19-21H,15,18,22H2,1H3,(H,38,44)(H,37,39,40). The Bertz CT molecular complexity index is 2190. The molecule has 1 aliphatic rings. The number of fused-ring (bicyclic) bond motifs is 3. The number of pyridine rings is 1. The minimum absolute atomic E-state index is 0.135.